The molecule has 2 heterocycles. The number of ether oxygens (including phenoxy) is 2. The van der Waals surface area contributed by atoms with E-state index < -0.39 is 22.5 Å². The van der Waals surface area contributed by atoms with E-state index in [0.29, 0.717) is 30.1 Å². The van der Waals surface area contributed by atoms with Crippen LogP contribution in [0.1, 0.15) is 39.2 Å². The first-order chi connectivity index (χ1) is 19.9. The van der Waals surface area contributed by atoms with Crippen LogP contribution in [0.3, 0.4) is 0 Å². The van der Waals surface area contributed by atoms with Crippen LogP contribution >= 0.6 is 46.6 Å². The second kappa shape index (κ2) is 13.1. The number of aromatic nitrogens is 1. The van der Waals surface area contributed by atoms with Gasteiger partial charge in [0.25, 0.3) is 17.9 Å². The molecule has 0 spiro atoms. The minimum atomic E-state index is -3.89. The summed E-state index contributed by atoms with van der Waals surface area (Å²) in [6.07, 6.45) is 0.592. The fourth-order valence-electron chi connectivity index (χ4n) is 4.76. The van der Waals surface area contributed by atoms with E-state index in [9.17, 15) is 23.2 Å². The highest BCUT2D eigenvalue weighted by Crippen LogP contribution is 2.43. The highest BCUT2D eigenvalue weighted by atomic mass is 35.5. The highest BCUT2D eigenvalue weighted by Gasteiger charge is 2.35. The number of carbonyl (C=O) groups excluding carboxylic acids is 2. The number of pyridine rings is 1. The minimum Gasteiger partial charge on any atom is -0.494 e. The number of H-pyrrole nitrogens is 1. The van der Waals surface area contributed by atoms with Crippen molar-refractivity contribution in [2.45, 2.75) is 41.6 Å². The minimum absolute atomic E-state index is 0.0719. The van der Waals surface area contributed by atoms with Gasteiger partial charge in [-0.15, -0.1) is 0 Å². The molecule has 3 aromatic rings. The normalized spacial score (nSPS) is 12.7. The summed E-state index contributed by atoms with van der Waals surface area (Å²) in [4.78, 5) is 43.2. The summed E-state index contributed by atoms with van der Waals surface area (Å²) in [5.74, 6) is -0.0418. The zero-order valence-corrected chi connectivity index (χ0v) is 25.8. The van der Waals surface area contributed by atoms with Gasteiger partial charge < -0.3 is 24.3 Å². The number of rotatable bonds is 11. The lowest BCUT2D eigenvalue weighted by Gasteiger charge is -2.24. The molecule has 1 aliphatic heterocycles. The first kappa shape index (κ1) is 31.9. The van der Waals surface area contributed by atoms with Crippen LogP contribution < -0.4 is 15.2 Å². The van der Waals surface area contributed by atoms with Gasteiger partial charge in [0, 0.05) is 36.5 Å². The van der Waals surface area contributed by atoms with Crippen LogP contribution in [0.25, 0.3) is 0 Å². The third kappa shape index (κ3) is 6.64. The Morgan fingerprint density at radius 1 is 1.24 bits per heavy atom. The zero-order chi connectivity index (χ0) is 30.8. The van der Waals surface area contributed by atoms with E-state index in [0.717, 1.165) is 40.2 Å². The summed E-state index contributed by atoms with van der Waals surface area (Å²) in [5.41, 5.74) is 1.07. The van der Waals surface area contributed by atoms with Crippen molar-refractivity contribution in [3.05, 3.63) is 78.7 Å². The Morgan fingerprint density at radius 3 is 2.55 bits per heavy atom. The van der Waals surface area contributed by atoms with E-state index in [2.05, 4.69) is 4.98 Å². The van der Waals surface area contributed by atoms with Crippen molar-refractivity contribution in [1.82, 2.24) is 9.88 Å². The van der Waals surface area contributed by atoms with Gasteiger partial charge in [0.2, 0.25) is 0 Å². The van der Waals surface area contributed by atoms with Crippen LogP contribution in [0.4, 0.5) is 14.5 Å². The lowest BCUT2D eigenvalue weighted by atomic mass is 10.0. The Labute approximate surface area is 259 Å². The van der Waals surface area contributed by atoms with Crippen LogP contribution in [-0.2, 0) is 28.0 Å². The molecule has 0 radical (unpaired) electrons. The number of anilines is 1. The van der Waals surface area contributed by atoms with E-state index in [1.807, 2.05) is 24.9 Å². The van der Waals surface area contributed by atoms with Gasteiger partial charge in [-0.1, -0.05) is 41.0 Å². The van der Waals surface area contributed by atoms with Crippen LogP contribution in [0.2, 0.25) is 10.0 Å². The first-order valence-electron chi connectivity index (χ1n) is 12.6. The lowest BCUT2D eigenvalue weighted by molar-refractivity contribution is -0.128. The number of carbonyl (C=O) groups is 2. The third-order valence-electron chi connectivity index (χ3n) is 6.81. The number of aromatic amines is 1. The van der Waals surface area contributed by atoms with Gasteiger partial charge in [-0.3, -0.25) is 14.4 Å². The quantitative estimate of drug-likeness (QED) is 0.141. The molecule has 0 saturated carbocycles. The Hall–Kier alpha value is -2.99. The number of nitrogens with one attached hydrogen (secondary N) is 1. The van der Waals surface area contributed by atoms with Crippen LogP contribution in [0.15, 0.2) is 44.9 Å². The Morgan fingerprint density at radius 2 is 1.93 bits per heavy atom. The van der Waals surface area contributed by atoms with E-state index in [-0.39, 0.29) is 40.2 Å². The molecular weight excluding hydrogens is 635 g/mol. The van der Waals surface area contributed by atoms with Gasteiger partial charge >= 0.3 is 5.38 Å². The Kier molecular flexibility index (Phi) is 9.97. The average molecular weight is 661 g/mol. The molecule has 224 valence electrons. The molecule has 42 heavy (non-hydrogen) atoms. The standard InChI is InChI=1S/C28H26Cl3F2N3O5S/c1-15-17-13-36(12-16(17)10-20(24(15)40-3)35(2)8-5-9-41-14-37)27(39)23-21(11-22(28(31,32)33)34-26(23)38)42-25-18(29)6-4-7-19(25)30/h4,6-7,10-11,14H,5,8-9,12-13H2,1-3H3,(H,34,38). The number of halogens is 5. The number of hydrogen-bond acceptors (Lipinski definition) is 7. The van der Waals surface area contributed by atoms with Gasteiger partial charge in [-0.05, 0) is 65.9 Å². The van der Waals surface area contributed by atoms with Gasteiger partial charge in [-0.25, -0.2) is 0 Å². The maximum absolute atomic E-state index is 14.1. The second-order valence-corrected chi connectivity index (χ2v) is 11.8. The second-order valence-electron chi connectivity index (χ2n) is 9.50. The average Bonchev–Trinajstić information content (AvgIpc) is 3.37. The summed E-state index contributed by atoms with van der Waals surface area (Å²) in [6.45, 7) is 3.45. The summed E-state index contributed by atoms with van der Waals surface area (Å²) in [6, 6.07) is 7.59. The smallest absolute Gasteiger partial charge is 0.362 e. The third-order valence-corrected chi connectivity index (χ3v) is 9.05. The predicted octanol–water partition coefficient (Wildman–Crippen LogP) is 6.59. The van der Waals surface area contributed by atoms with Crippen molar-refractivity contribution in [3.63, 3.8) is 0 Å². The molecule has 0 saturated heterocycles. The number of benzene rings is 2. The fourth-order valence-corrected chi connectivity index (χ4v) is 6.50. The number of fused-ring (bicyclic) bond motifs is 1. The van der Waals surface area contributed by atoms with Crippen molar-refractivity contribution in [2.24, 2.45) is 0 Å². The van der Waals surface area contributed by atoms with Gasteiger partial charge in [0.05, 0.1) is 29.4 Å². The maximum Gasteiger partial charge on any atom is 0.362 e. The molecule has 14 heteroatoms. The van der Waals surface area contributed by atoms with Crippen molar-refractivity contribution in [2.75, 3.05) is 32.2 Å². The Balaban J connectivity index is 1.71. The molecule has 0 bridgehead atoms. The number of methoxy groups -OCH3 is 1. The van der Waals surface area contributed by atoms with Crippen molar-refractivity contribution in [3.8, 4) is 5.75 Å². The highest BCUT2D eigenvalue weighted by molar-refractivity contribution is 7.99. The largest absolute Gasteiger partial charge is 0.494 e. The zero-order valence-electron chi connectivity index (χ0n) is 22.7. The molecule has 1 aromatic heterocycles. The van der Waals surface area contributed by atoms with E-state index in [1.165, 1.54) is 4.90 Å². The SMILES string of the molecule is COc1c(N(C)CCCOC=O)cc2c(c1C)CN(C(=O)c1c(Sc3c(Cl)cccc3Cl)cc(C(F)(F)Cl)[nH]c1=O)C2. The molecule has 0 fully saturated rings. The van der Waals surface area contributed by atoms with Crippen LogP contribution in [-0.4, -0.2) is 49.6 Å². The van der Waals surface area contributed by atoms with E-state index in [1.54, 1.807) is 25.3 Å². The number of alkyl halides is 3. The summed E-state index contributed by atoms with van der Waals surface area (Å²) in [5, 5.41) is -3.45. The number of amides is 1. The Bertz CT molecular complexity index is 1560. The van der Waals surface area contributed by atoms with Gasteiger partial charge in [0.15, 0.2) is 0 Å². The van der Waals surface area contributed by atoms with Crippen LogP contribution in [0, 0.1) is 6.92 Å². The molecule has 1 N–H and O–H groups in total. The molecule has 1 amide bonds. The first-order valence-corrected chi connectivity index (χ1v) is 14.5. The fraction of sp³-hybridized carbons (Fsp3) is 0.321. The van der Waals surface area contributed by atoms with Crippen molar-refractivity contribution >= 4 is 64.6 Å². The van der Waals surface area contributed by atoms with Crippen molar-refractivity contribution in [1.29, 1.82) is 0 Å². The lowest BCUT2D eigenvalue weighted by Crippen LogP contribution is -2.32. The molecule has 8 nitrogen and oxygen atoms in total. The summed E-state index contributed by atoms with van der Waals surface area (Å²) in [7, 11) is 3.43. The molecule has 2 aromatic carbocycles. The summed E-state index contributed by atoms with van der Waals surface area (Å²) < 4.78 is 38.6. The van der Waals surface area contributed by atoms with Crippen LogP contribution in [0.5, 0.6) is 5.75 Å². The topological polar surface area (TPSA) is 91.9 Å². The predicted molar refractivity (Wildman–Crippen MR) is 159 cm³/mol. The summed E-state index contributed by atoms with van der Waals surface area (Å²) >= 11 is 18.7. The van der Waals surface area contributed by atoms with E-state index >= 15 is 0 Å². The number of nitrogens with zero attached hydrogens (tertiary/aromatic N) is 2. The molecular formula is C28H26Cl3F2N3O5S. The number of hydrogen-bond donors (Lipinski definition) is 1. The molecule has 4 rings (SSSR count). The maximum atomic E-state index is 14.1. The van der Waals surface area contributed by atoms with Gasteiger partial charge in [0.1, 0.15) is 17.0 Å². The molecule has 1 aliphatic rings. The molecule has 0 aliphatic carbocycles. The molecule has 0 unspecified atom stereocenters. The van der Waals surface area contributed by atoms with Gasteiger partial charge in [-0.2, -0.15) is 8.78 Å². The van der Waals surface area contributed by atoms with E-state index in [4.69, 9.17) is 44.3 Å². The monoisotopic (exact) mass is 659 g/mol. The van der Waals surface area contributed by atoms with Crippen molar-refractivity contribution < 1.29 is 27.8 Å². The molecule has 0 atom stereocenters.